The third-order valence-electron chi connectivity index (χ3n) is 1.78. The molecule has 82 valence electrons. The molecule has 0 aromatic heterocycles. The fourth-order valence-electron chi connectivity index (χ4n) is 0.920. The van der Waals surface area contributed by atoms with Crippen LogP contribution in [0.15, 0.2) is 23.1 Å². The summed E-state index contributed by atoms with van der Waals surface area (Å²) in [5.41, 5.74) is 0. The molecule has 0 heterocycles. The highest BCUT2D eigenvalue weighted by Gasteiger charge is 2.23. The van der Waals surface area contributed by atoms with Crippen molar-refractivity contribution in [2.45, 2.75) is 17.1 Å². The third-order valence-corrected chi connectivity index (χ3v) is 3.39. The van der Waals surface area contributed by atoms with Crippen molar-refractivity contribution in [3.8, 4) is 0 Å². The van der Waals surface area contributed by atoms with Gasteiger partial charge in [-0.1, -0.05) is 0 Å². The van der Waals surface area contributed by atoms with Crippen molar-refractivity contribution in [2.75, 3.05) is 0 Å². The first-order valence-electron chi connectivity index (χ1n) is 4.02. The van der Waals surface area contributed by atoms with E-state index in [1.807, 2.05) is 0 Å². The van der Waals surface area contributed by atoms with Gasteiger partial charge < -0.3 is 5.11 Å². The van der Waals surface area contributed by atoms with Crippen molar-refractivity contribution in [3.05, 3.63) is 29.8 Å². The monoisotopic (exact) mass is 234 g/mol. The van der Waals surface area contributed by atoms with Crippen LogP contribution in [0.25, 0.3) is 0 Å². The van der Waals surface area contributed by atoms with E-state index in [4.69, 9.17) is 5.11 Å². The lowest BCUT2D eigenvalue weighted by Crippen LogP contribution is -2.22. The average molecular weight is 234 g/mol. The molecule has 1 aromatic rings. The van der Waals surface area contributed by atoms with E-state index < -0.39 is 33.7 Å². The summed E-state index contributed by atoms with van der Waals surface area (Å²) in [7, 11) is -2.02. The Labute approximate surface area is 87.2 Å². The maximum atomic E-state index is 13.1. The fourth-order valence-corrected chi connectivity index (χ4v) is 1.94. The number of carboxylic acids is 1. The summed E-state index contributed by atoms with van der Waals surface area (Å²) in [6.45, 7) is 1.20. The van der Waals surface area contributed by atoms with Crippen LogP contribution in [0.1, 0.15) is 6.92 Å². The predicted octanol–water partition coefficient (Wildman–Crippen LogP) is 1.55. The van der Waals surface area contributed by atoms with E-state index in [0.29, 0.717) is 6.07 Å². The van der Waals surface area contributed by atoms with E-state index in [-0.39, 0.29) is 4.90 Å². The zero-order valence-corrected chi connectivity index (χ0v) is 8.55. The average Bonchev–Trinajstić information content (AvgIpc) is 2.15. The molecule has 0 saturated heterocycles. The number of aliphatic carboxylic acids is 1. The number of hydrogen-bond acceptors (Lipinski definition) is 2. The second-order valence-electron chi connectivity index (χ2n) is 2.85. The zero-order chi connectivity index (χ0) is 11.6. The van der Waals surface area contributed by atoms with Gasteiger partial charge in [-0.25, -0.2) is 8.78 Å². The van der Waals surface area contributed by atoms with E-state index in [9.17, 15) is 17.8 Å². The molecule has 1 N–H and O–H groups in total. The van der Waals surface area contributed by atoms with Gasteiger partial charge in [0.05, 0.1) is 15.7 Å². The van der Waals surface area contributed by atoms with Gasteiger partial charge >= 0.3 is 5.97 Å². The predicted molar refractivity (Wildman–Crippen MR) is 49.9 cm³/mol. The van der Waals surface area contributed by atoms with E-state index in [1.165, 1.54) is 6.92 Å². The highest BCUT2D eigenvalue weighted by Crippen LogP contribution is 2.16. The van der Waals surface area contributed by atoms with Crippen LogP contribution in [-0.2, 0) is 15.6 Å². The van der Waals surface area contributed by atoms with E-state index >= 15 is 0 Å². The number of carbonyl (C=O) groups is 1. The van der Waals surface area contributed by atoms with E-state index in [1.54, 1.807) is 0 Å². The minimum absolute atomic E-state index is 0.300. The Hall–Kier alpha value is -1.30. The minimum Gasteiger partial charge on any atom is -0.480 e. The number of halogens is 2. The second-order valence-corrected chi connectivity index (χ2v) is 4.59. The summed E-state index contributed by atoms with van der Waals surface area (Å²) in [6.07, 6.45) is 0. The van der Waals surface area contributed by atoms with Crippen LogP contribution in [0.5, 0.6) is 0 Å². The van der Waals surface area contributed by atoms with Gasteiger partial charge in [0.1, 0.15) is 16.9 Å². The van der Waals surface area contributed by atoms with Gasteiger partial charge in [-0.05, 0) is 19.1 Å². The first-order chi connectivity index (χ1) is 6.93. The lowest BCUT2D eigenvalue weighted by atomic mass is 10.3. The SMILES string of the molecule is CC(C(=O)O)S(=O)c1ccc(F)cc1F. The smallest absolute Gasteiger partial charge is 0.319 e. The quantitative estimate of drug-likeness (QED) is 0.863. The molecule has 0 spiro atoms. The van der Waals surface area contributed by atoms with Crippen molar-refractivity contribution < 1.29 is 22.9 Å². The molecule has 2 atom stereocenters. The zero-order valence-electron chi connectivity index (χ0n) is 7.74. The van der Waals surface area contributed by atoms with Crippen molar-refractivity contribution in [2.24, 2.45) is 0 Å². The molecule has 0 aliphatic rings. The topological polar surface area (TPSA) is 54.4 Å². The van der Waals surface area contributed by atoms with Crippen molar-refractivity contribution in [1.29, 1.82) is 0 Å². The van der Waals surface area contributed by atoms with E-state index in [2.05, 4.69) is 0 Å². The Morgan fingerprint density at radius 3 is 2.53 bits per heavy atom. The molecular weight excluding hydrogens is 226 g/mol. The van der Waals surface area contributed by atoms with Crippen LogP contribution in [0.4, 0.5) is 8.78 Å². The third kappa shape index (κ3) is 2.59. The molecule has 0 aliphatic carbocycles. The van der Waals surface area contributed by atoms with Gasteiger partial charge in [0, 0.05) is 6.07 Å². The Bertz CT molecular complexity index is 420. The maximum Gasteiger partial charge on any atom is 0.319 e. The molecule has 6 heteroatoms. The summed E-state index contributed by atoms with van der Waals surface area (Å²) in [4.78, 5) is 10.2. The second kappa shape index (κ2) is 4.48. The summed E-state index contributed by atoms with van der Waals surface area (Å²) in [5, 5.41) is 7.34. The number of rotatable bonds is 3. The number of hydrogen-bond donors (Lipinski definition) is 1. The van der Waals surface area contributed by atoms with Gasteiger partial charge in [-0.15, -0.1) is 0 Å². The van der Waals surface area contributed by atoms with Gasteiger partial charge in [-0.3, -0.25) is 9.00 Å². The molecule has 0 amide bonds. The molecular formula is C9H8F2O3S. The van der Waals surface area contributed by atoms with Crippen molar-refractivity contribution >= 4 is 16.8 Å². The Morgan fingerprint density at radius 2 is 2.07 bits per heavy atom. The minimum atomic E-state index is -2.02. The number of carboxylic acid groups (broad SMARTS) is 1. The van der Waals surface area contributed by atoms with Crippen LogP contribution < -0.4 is 0 Å². The molecule has 0 aliphatic heterocycles. The molecule has 2 unspecified atom stereocenters. The molecule has 1 aromatic carbocycles. The van der Waals surface area contributed by atoms with Crippen molar-refractivity contribution in [3.63, 3.8) is 0 Å². The molecule has 0 bridgehead atoms. The Morgan fingerprint density at radius 1 is 1.47 bits per heavy atom. The highest BCUT2D eigenvalue weighted by molar-refractivity contribution is 7.86. The van der Waals surface area contributed by atoms with Gasteiger partial charge in [0.15, 0.2) is 0 Å². The molecule has 0 radical (unpaired) electrons. The molecule has 15 heavy (non-hydrogen) atoms. The molecule has 0 saturated carbocycles. The number of benzene rings is 1. The Balaban J connectivity index is 3.07. The van der Waals surface area contributed by atoms with Crippen LogP contribution in [0, 0.1) is 11.6 Å². The molecule has 0 fully saturated rings. The van der Waals surface area contributed by atoms with Crippen LogP contribution in [-0.4, -0.2) is 20.5 Å². The summed E-state index contributed by atoms with van der Waals surface area (Å²) in [6, 6.07) is 2.49. The summed E-state index contributed by atoms with van der Waals surface area (Å²) < 4.78 is 37.1. The normalized spacial score (nSPS) is 14.6. The van der Waals surface area contributed by atoms with Crippen LogP contribution in [0.2, 0.25) is 0 Å². The lowest BCUT2D eigenvalue weighted by Gasteiger charge is -2.07. The molecule has 1 rings (SSSR count). The Kier molecular flexibility index (Phi) is 3.52. The maximum absolute atomic E-state index is 13.1. The van der Waals surface area contributed by atoms with Gasteiger partial charge in [0.2, 0.25) is 0 Å². The largest absolute Gasteiger partial charge is 0.480 e. The summed E-state index contributed by atoms with van der Waals surface area (Å²) >= 11 is 0. The van der Waals surface area contributed by atoms with Crippen LogP contribution in [0.3, 0.4) is 0 Å². The first kappa shape index (κ1) is 11.8. The van der Waals surface area contributed by atoms with Crippen molar-refractivity contribution in [1.82, 2.24) is 0 Å². The fraction of sp³-hybridized carbons (Fsp3) is 0.222. The highest BCUT2D eigenvalue weighted by atomic mass is 32.2. The first-order valence-corrected chi connectivity index (χ1v) is 5.23. The molecule has 3 nitrogen and oxygen atoms in total. The summed E-state index contributed by atoms with van der Waals surface area (Å²) in [5.74, 6) is -3.09. The van der Waals surface area contributed by atoms with E-state index in [0.717, 1.165) is 12.1 Å². The lowest BCUT2D eigenvalue weighted by molar-refractivity contribution is -0.136. The van der Waals surface area contributed by atoms with Gasteiger partial charge in [-0.2, -0.15) is 0 Å². The van der Waals surface area contributed by atoms with Crippen LogP contribution >= 0.6 is 0 Å². The standard InChI is InChI=1S/C9H8F2O3S/c1-5(9(12)13)15(14)8-3-2-6(10)4-7(8)11/h2-5H,1H3,(H,12,13). The van der Waals surface area contributed by atoms with Gasteiger partial charge in [0.25, 0.3) is 0 Å².